The van der Waals surface area contributed by atoms with E-state index in [0.717, 1.165) is 83.5 Å². The van der Waals surface area contributed by atoms with Crippen molar-refractivity contribution >= 4 is 25.7 Å². The molecule has 0 fully saturated rings. The van der Waals surface area contributed by atoms with Gasteiger partial charge in [0.15, 0.2) is 6.04 Å². The lowest BCUT2D eigenvalue weighted by Crippen LogP contribution is -2.43. The number of unbranched alkanes of at least 4 members (excludes halogenated alkanes) is 18. The summed E-state index contributed by atoms with van der Waals surface area (Å²) in [6.45, 7) is 2.52. The zero-order valence-corrected chi connectivity index (χ0v) is 39.5. The minimum absolute atomic E-state index is 0.120. The molecular weight excluding hydrogens is 806 g/mol. The fraction of sp³-hybridized carbons (Fsp3) is 0.700. The van der Waals surface area contributed by atoms with Gasteiger partial charge in [0.2, 0.25) is 5.91 Å². The Balaban J connectivity index is 3.93. The number of aliphatic carboxylic acids is 1. The number of hydrogen-bond donors (Lipinski definition) is 4. The molecule has 0 aromatic rings. The summed E-state index contributed by atoms with van der Waals surface area (Å²) in [7, 11) is -4.77. The smallest absolute Gasteiger partial charge is 0.472 e. The van der Waals surface area contributed by atoms with Gasteiger partial charge in [-0.2, -0.15) is 0 Å². The van der Waals surface area contributed by atoms with Gasteiger partial charge in [-0.25, -0.2) is 9.36 Å². The van der Waals surface area contributed by atoms with Crippen LogP contribution in [0.1, 0.15) is 194 Å². The van der Waals surface area contributed by atoms with E-state index < -0.39 is 57.6 Å². The van der Waals surface area contributed by atoms with Crippen molar-refractivity contribution < 1.29 is 47.8 Å². The maximum atomic E-state index is 12.3. The van der Waals surface area contributed by atoms with E-state index in [2.05, 4.69) is 92.1 Å². The normalized spacial score (nSPS) is 14.3. The third-order valence-electron chi connectivity index (χ3n) is 9.97. The van der Waals surface area contributed by atoms with Crippen molar-refractivity contribution in [2.45, 2.75) is 206 Å². The van der Waals surface area contributed by atoms with Gasteiger partial charge in [-0.3, -0.25) is 18.6 Å². The number of nitrogens with one attached hydrogen (secondary N) is 1. The number of aliphatic hydroxyl groups excluding tert-OH is 1. The number of esters is 1. The van der Waals surface area contributed by atoms with Gasteiger partial charge < -0.3 is 25.2 Å². The van der Waals surface area contributed by atoms with E-state index in [4.69, 9.17) is 13.8 Å². The SMILES string of the molecule is CCCCC/C=C\C/C=C\C/C=C\C/C=C\CCCCCCCC(=O)NC(COP(=O)(O)OCC(O)COC(=O)CCCCCCCCC/C=C\C/C=C\CCCCC)C(=O)O. The van der Waals surface area contributed by atoms with Crippen LogP contribution in [0.25, 0.3) is 0 Å². The lowest BCUT2D eigenvalue weighted by atomic mass is 10.1. The number of hydrogen-bond acceptors (Lipinski definition) is 8. The summed E-state index contributed by atoms with van der Waals surface area (Å²) in [4.78, 5) is 46.0. The fourth-order valence-corrected chi connectivity index (χ4v) is 6.98. The maximum absolute atomic E-state index is 12.3. The van der Waals surface area contributed by atoms with Crippen LogP contribution >= 0.6 is 7.82 Å². The van der Waals surface area contributed by atoms with Crippen molar-refractivity contribution in [3.63, 3.8) is 0 Å². The molecule has 4 N–H and O–H groups in total. The molecule has 12 heteroatoms. The molecule has 11 nitrogen and oxygen atoms in total. The summed E-state index contributed by atoms with van der Waals surface area (Å²) in [5.74, 6) is -2.41. The minimum atomic E-state index is -4.77. The van der Waals surface area contributed by atoms with Crippen molar-refractivity contribution in [3.8, 4) is 0 Å². The van der Waals surface area contributed by atoms with Gasteiger partial charge in [-0.05, 0) is 89.9 Å². The van der Waals surface area contributed by atoms with Crippen LogP contribution in [0.2, 0.25) is 0 Å². The fourth-order valence-electron chi connectivity index (χ4n) is 6.21. The first kappa shape index (κ1) is 58.9. The third kappa shape index (κ3) is 43.6. The Morgan fingerprint density at radius 1 is 0.516 bits per heavy atom. The van der Waals surface area contributed by atoms with Gasteiger partial charge in [0.05, 0.1) is 13.2 Å². The number of aliphatic hydroxyl groups is 1. The first-order valence-electron chi connectivity index (χ1n) is 24.0. The van der Waals surface area contributed by atoms with Crippen LogP contribution in [0.4, 0.5) is 0 Å². The van der Waals surface area contributed by atoms with E-state index in [1.807, 2.05) is 0 Å². The first-order chi connectivity index (χ1) is 30.1. The van der Waals surface area contributed by atoms with Gasteiger partial charge in [0, 0.05) is 12.8 Å². The molecule has 0 aromatic heterocycles. The molecule has 0 radical (unpaired) electrons. The van der Waals surface area contributed by atoms with Crippen LogP contribution < -0.4 is 5.32 Å². The van der Waals surface area contributed by atoms with Crippen LogP contribution in [0.15, 0.2) is 72.9 Å². The topological polar surface area (TPSA) is 169 Å². The second kappa shape index (κ2) is 44.5. The Labute approximate surface area is 376 Å². The molecule has 0 heterocycles. The Bertz CT molecular complexity index is 1320. The van der Waals surface area contributed by atoms with Crippen molar-refractivity contribution in [3.05, 3.63) is 72.9 Å². The summed E-state index contributed by atoms with van der Waals surface area (Å²) in [5.41, 5.74) is 0. The highest BCUT2D eigenvalue weighted by molar-refractivity contribution is 7.47. The molecular formula is C50H86NO10P. The summed E-state index contributed by atoms with van der Waals surface area (Å²) < 4.78 is 26.9. The molecule has 356 valence electrons. The van der Waals surface area contributed by atoms with E-state index in [1.165, 1.54) is 70.6 Å². The number of amides is 1. The molecule has 0 spiro atoms. The van der Waals surface area contributed by atoms with Crippen molar-refractivity contribution in [1.82, 2.24) is 5.32 Å². The lowest BCUT2D eigenvalue weighted by Gasteiger charge is -2.18. The third-order valence-corrected chi connectivity index (χ3v) is 10.9. The first-order valence-corrected chi connectivity index (χ1v) is 25.5. The highest BCUT2D eigenvalue weighted by Gasteiger charge is 2.28. The quantitative estimate of drug-likeness (QED) is 0.0200. The molecule has 3 atom stereocenters. The number of phosphoric ester groups is 1. The second-order valence-electron chi connectivity index (χ2n) is 15.9. The molecule has 1 amide bonds. The summed E-state index contributed by atoms with van der Waals surface area (Å²) in [6, 6.07) is -1.56. The number of allylic oxidation sites excluding steroid dienone is 12. The highest BCUT2D eigenvalue weighted by Crippen LogP contribution is 2.43. The Kier molecular flexibility index (Phi) is 42.3. The summed E-state index contributed by atoms with van der Waals surface area (Å²) in [6.07, 6.45) is 53.4. The minimum Gasteiger partial charge on any atom is -0.480 e. The average molecular weight is 892 g/mol. The van der Waals surface area contributed by atoms with E-state index in [0.29, 0.717) is 12.8 Å². The van der Waals surface area contributed by atoms with Gasteiger partial charge in [0.1, 0.15) is 12.7 Å². The Hall–Kier alpha value is -3.08. The standard InChI is InChI=1S/C50H86NO10P/c1-3-5-7-9-11-13-15-17-19-21-22-23-24-26-27-29-31-33-35-37-39-41-48(53)51-47(50(55)56)45-61-62(57,58)60-44-46(52)43-59-49(54)42-40-38-36-34-32-30-28-25-20-18-16-14-12-10-8-6-4-2/h11-14,17-20,22-23,26-27,46-47,52H,3-10,15-16,21,24-25,28-45H2,1-2H3,(H,51,53)(H,55,56)(H,57,58)/b13-11-,14-12-,19-17-,20-18-,23-22-,27-26-. The van der Waals surface area contributed by atoms with E-state index in [-0.39, 0.29) is 12.8 Å². The molecule has 0 rings (SSSR count). The van der Waals surface area contributed by atoms with Gasteiger partial charge >= 0.3 is 19.8 Å². The molecule has 0 aromatic carbocycles. The molecule has 0 aliphatic carbocycles. The van der Waals surface area contributed by atoms with Crippen molar-refractivity contribution in [2.24, 2.45) is 0 Å². The van der Waals surface area contributed by atoms with Crippen molar-refractivity contribution in [2.75, 3.05) is 19.8 Å². The largest absolute Gasteiger partial charge is 0.480 e. The zero-order chi connectivity index (χ0) is 45.6. The van der Waals surface area contributed by atoms with Gasteiger partial charge in [0.25, 0.3) is 0 Å². The molecule has 3 unspecified atom stereocenters. The van der Waals surface area contributed by atoms with Gasteiger partial charge in [-0.1, -0.05) is 164 Å². The number of carboxylic acid groups (broad SMARTS) is 1. The number of ether oxygens (including phenoxy) is 1. The number of phosphoric acid groups is 1. The van der Waals surface area contributed by atoms with Crippen LogP contribution in [0, 0.1) is 0 Å². The second-order valence-corrected chi connectivity index (χ2v) is 17.4. The molecule has 0 saturated heterocycles. The Morgan fingerprint density at radius 2 is 0.887 bits per heavy atom. The van der Waals surface area contributed by atoms with Crippen LogP contribution in [-0.4, -0.2) is 64.9 Å². The Morgan fingerprint density at radius 3 is 1.32 bits per heavy atom. The van der Waals surface area contributed by atoms with Gasteiger partial charge in [-0.15, -0.1) is 0 Å². The van der Waals surface area contributed by atoms with Crippen LogP contribution in [-0.2, 0) is 32.7 Å². The maximum Gasteiger partial charge on any atom is 0.472 e. The van der Waals surface area contributed by atoms with E-state index >= 15 is 0 Å². The summed E-state index contributed by atoms with van der Waals surface area (Å²) >= 11 is 0. The summed E-state index contributed by atoms with van der Waals surface area (Å²) in [5, 5.41) is 21.9. The van der Waals surface area contributed by atoms with Crippen LogP contribution in [0.5, 0.6) is 0 Å². The number of carbonyl (C=O) groups is 3. The molecule has 0 aliphatic rings. The zero-order valence-electron chi connectivity index (χ0n) is 38.6. The molecule has 0 saturated carbocycles. The molecule has 62 heavy (non-hydrogen) atoms. The number of carbonyl (C=O) groups excluding carboxylic acids is 2. The average Bonchev–Trinajstić information content (AvgIpc) is 3.25. The predicted octanol–water partition coefficient (Wildman–Crippen LogP) is 12.9. The molecule has 0 aliphatic heterocycles. The van der Waals surface area contributed by atoms with Crippen molar-refractivity contribution in [1.29, 1.82) is 0 Å². The monoisotopic (exact) mass is 892 g/mol. The highest BCUT2D eigenvalue weighted by atomic mass is 31.2. The number of rotatable bonds is 44. The van der Waals surface area contributed by atoms with Crippen LogP contribution in [0.3, 0.4) is 0 Å². The van der Waals surface area contributed by atoms with E-state index in [9.17, 15) is 34.1 Å². The molecule has 0 bridgehead atoms. The lowest BCUT2D eigenvalue weighted by molar-refractivity contribution is -0.147. The van der Waals surface area contributed by atoms with E-state index in [1.54, 1.807) is 0 Å². The number of carboxylic acids is 1. The predicted molar refractivity (Wildman–Crippen MR) is 254 cm³/mol.